The van der Waals surface area contributed by atoms with E-state index in [9.17, 15) is 0 Å². The lowest BCUT2D eigenvalue weighted by Crippen LogP contribution is -2.40. The lowest BCUT2D eigenvalue weighted by atomic mass is 10.2. The molecule has 0 aliphatic carbocycles. The Morgan fingerprint density at radius 2 is 2.50 bits per heavy atom. The first-order valence-electron chi connectivity index (χ1n) is 4.84. The molecule has 2 N–H and O–H groups in total. The van der Waals surface area contributed by atoms with E-state index in [4.69, 9.17) is 5.73 Å². The number of rotatable bonds is 1. The lowest BCUT2D eigenvalue weighted by Gasteiger charge is -2.35. The van der Waals surface area contributed by atoms with Crippen LogP contribution in [0.25, 0.3) is 0 Å². The summed E-state index contributed by atoms with van der Waals surface area (Å²) >= 11 is 2.00. The second-order valence-corrected chi connectivity index (χ2v) is 4.67. The Morgan fingerprint density at radius 3 is 3.21 bits per heavy atom. The first-order valence-corrected chi connectivity index (χ1v) is 5.99. The van der Waals surface area contributed by atoms with Crippen molar-refractivity contribution in [1.29, 1.82) is 0 Å². The predicted octanol–water partition coefficient (Wildman–Crippen LogP) is 1.61. The van der Waals surface area contributed by atoms with Crippen molar-refractivity contribution in [2.24, 2.45) is 0 Å². The third-order valence-corrected chi connectivity index (χ3v) is 3.68. The number of aromatic nitrogens is 1. The van der Waals surface area contributed by atoms with Crippen LogP contribution in [-0.4, -0.2) is 29.1 Å². The largest absolute Gasteiger partial charge is 0.382 e. The molecule has 1 fully saturated rings. The first-order chi connectivity index (χ1) is 6.79. The number of nitrogens with zero attached hydrogens (tertiary/aromatic N) is 2. The summed E-state index contributed by atoms with van der Waals surface area (Å²) in [6.45, 7) is 3.31. The third kappa shape index (κ3) is 1.80. The SMILES string of the molecule is CC1CSCCN1c1cccnc1N. The van der Waals surface area contributed by atoms with Crippen LogP contribution in [0.5, 0.6) is 0 Å². The predicted molar refractivity (Wildman–Crippen MR) is 62.8 cm³/mol. The van der Waals surface area contributed by atoms with E-state index in [0.29, 0.717) is 11.9 Å². The number of pyridine rings is 1. The number of anilines is 2. The Morgan fingerprint density at radius 1 is 1.64 bits per heavy atom. The molecule has 1 aliphatic heterocycles. The maximum absolute atomic E-state index is 5.85. The topological polar surface area (TPSA) is 42.2 Å². The molecule has 0 saturated carbocycles. The van der Waals surface area contributed by atoms with Gasteiger partial charge in [-0.25, -0.2) is 4.98 Å². The van der Waals surface area contributed by atoms with Gasteiger partial charge in [-0.15, -0.1) is 0 Å². The second kappa shape index (κ2) is 4.09. The fraction of sp³-hybridized carbons (Fsp3) is 0.500. The summed E-state index contributed by atoms with van der Waals surface area (Å²) in [7, 11) is 0. The van der Waals surface area contributed by atoms with E-state index < -0.39 is 0 Å². The standard InChI is InChI=1S/C10H15N3S/c1-8-7-14-6-5-13(8)9-3-2-4-12-10(9)11/h2-4,8H,5-7H2,1H3,(H2,11,12). The number of hydrogen-bond acceptors (Lipinski definition) is 4. The molecule has 1 unspecified atom stereocenters. The zero-order valence-electron chi connectivity index (χ0n) is 8.31. The minimum atomic E-state index is 0.556. The molecule has 1 aromatic rings. The average molecular weight is 209 g/mol. The van der Waals surface area contributed by atoms with Gasteiger partial charge in [-0.2, -0.15) is 11.8 Å². The second-order valence-electron chi connectivity index (χ2n) is 3.53. The molecule has 0 aromatic carbocycles. The van der Waals surface area contributed by atoms with Crippen LogP contribution >= 0.6 is 11.8 Å². The van der Waals surface area contributed by atoms with Gasteiger partial charge in [0.1, 0.15) is 5.82 Å². The lowest BCUT2D eigenvalue weighted by molar-refractivity contribution is 0.700. The highest BCUT2D eigenvalue weighted by molar-refractivity contribution is 7.99. The van der Waals surface area contributed by atoms with Crippen LogP contribution in [0.1, 0.15) is 6.92 Å². The summed E-state index contributed by atoms with van der Waals surface area (Å²) < 4.78 is 0. The Kier molecular flexibility index (Phi) is 2.82. The van der Waals surface area contributed by atoms with Crippen LogP contribution in [0.4, 0.5) is 11.5 Å². The summed E-state index contributed by atoms with van der Waals surface area (Å²) in [5, 5.41) is 0. The molecule has 0 spiro atoms. The molecule has 1 saturated heterocycles. The molecule has 0 bridgehead atoms. The maximum Gasteiger partial charge on any atom is 0.146 e. The monoisotopic (exact) mass is 209 g/mol. The van der Waals surface area contributed by atoms with Gasteiger partial charge >= 0.3 is 0 Å². The van der Waals surface area contributed by atoms with E-state index >= 15 is 0 Å². The van der Waals surface area contributed by atoms with Gasteiger partial charge in [0.05, 0.1) is 5.69 Å². The van der Waals surface area contributed by atoms with Crippen molar-refractivity contribution < 1.29 is 0 Å². The highest BCUT2D eigenvalue weighted by Gasteiger charge is 2.20. The minimum Gasteiger partial charge on any atom is -0.382 e. The molecule has 1 aliphatic rings. The van der Waals surface area contributed by atoms with Crippen molar-refractivity contribution in [3.05, 3.63) is 18.3 Å². The van der Waals surface area contributed by atoms with Crippen LogP contribution in [-0.2, 0) is 0 Å². The molecular weight excluding hydrogens is 194 g/mol. The van der Waals surface area contributed by atoms with Crippen molar-refractivity contribution in [2.75, 3.05) is 28.7 Å². The van der Waals surface area contributed by atoms with Crippen LogP contribution in [0.2, 0.25) is 0 Å². The summed E-state index contributed by atoms with van der Waals surface area (Å²) in [5.41, 5.74) is 6.94. The molecule has 2 rings (SSSR count). The third-order valence-electron chi connectivity index (χ3n) is 2.49. The van der Waals surface area contributed by atoms with E-state index in [0.717, 1.165) is 12.2 Å². The van der Waals surface area contributed by atoms with Crippen LogP contribution in [0.3, 0.4) is 0 Å². The van der Waals surface area contributed by atoms with E-state index in [1.54, 1.807) is 6.20 Å². The minimum absolute atomic E-state index is 0.556. The molecule has 14 heavy (non-hydrogen) atoms. The van der Waals surface area contributed by atoms with Gasteiger partial charge in [-0.1, -0.05) is 0 Å². The van der Waals surface area contributed by atoms with Crippen molar-refractivity contribution in [3.8, 4) is 0 Å². The number of nitrogen functional groups attached to an aromatic ring is 1. The quantitative estimate of drug-likeness (QED) is 0.763. The molecule has 1 atom stereocenters. The summed E-state index contributed by atoms with van der Waals surface area (Å²) in [6.07, 6.45) is 1.74. The maximum atomic E-state index is 5.85. The highest BCUT2D eigenvalue weighted by Crippen LogP contribution is 2.26. The van der Waals surface area contributed by atoms with Crippen molar-refractivity contribution in [2.45, 2.75) is 13.0 Å². The molecule has 2 heterocycles. The average Bonchev–Trinajstić information content (AvgIpc) is 2.20. The molecule has 3 nitrogen and oxygen atoms in total. The number of thioether (sulfide) groups is 1. The van der Waals surface area contributed by atoms with Crippen molar-refractivity contribution >= 4 is 23.3 Å². The van der Waals surface area contributed by atoms with E-state index in [1.165, 1.54) is 11.5 Å². The van der Waals surface area contributed by atoms with Gasteiger partial charge in [0.15, 0.2) is 0 Å². The normalized spacial score (nSPS) is 22.4. The summed E-state index contributed by atoms with van der Waals surface area (Å²) in [5.74, 6) is 3.00. The van der Waals surface area contributed by atoms with E-state index in [1.807, 2.05) is 17.8 Å². The molecule has 0 radical (unpaired) electrons. The van der Waals surface area contributed by atoms with Gasteiger partial charge in [0.25, 0.3) is 0 Å². The van der Waals surface area contributed by atoms with Crippen LogP contribution < -0.4 is 10.6 Å². The van der Waals surface area contributed by atoms with Gasteiger partial charge in [-0.3, -0.25) is 0 Å². The number of hydrogen-bond donors (Lipinski definition) is 1. The van der Waals surface area contributed by atoms with E-state index in [2.05, 4.69) is 22.9 Å². The van der Waals surface area contributed by atoms with Gasteiger partial charge in [-0.05, 0) is 19.1 Å². The number of nitrogens with two attached hydrogens (primary N) is 1. The Balaban J connectivity index is 2.25. The molecule has 4 heteroatoms. The fourth-order valence-electron chi connectivity index (χ4n) is 1.74. The molecule has 1 aromatic heterocycles. The van der Waals surface area contributed by atoms with Crippen LogP contribution in [0.15, 0.2) is 18.3 Å². The Hall–Kier alpha value is -0.900. The molecular formula is C10H15N3S. The van der Waals surface area contributed by atoms with E-state index in [-0.39, 0.29) is 0 Å². The van der Waals surface area contributed by atoms with Gasteiger partial charge in [0, 0.05) is 30.3 Å². The van der Waals surface area contributed by atoms with Crippen molar-refractivity contribution in [1.82, 2.24) is 4.98 Å². The first kappa shape index (κ1) is 9.65. The molecule has 0 amide bonds. The van der Waals surface area contributed by atoms with Gasteiger partial charge in [0.2, 0.25) is 0 Å². The molecule has 76 valence electrons. The Bertz CT molecular complexity index is 316. The smallest absolute Gasteiger partial charge is 0.146 e. The zero-order chi connectivity index (χ0) is 9.97. The van der Waals surface area contributed by atoms with Crippen LogP contribution in [0, 0.1) is 0 Å². The van der Waals surface area contributed by atoms with Gasteiger partial charge < -0.3 is 10.6 Å². The fourth-order valence-corrected chi connectivity index (χ4v) is 2.75. The highest BCUT2D eigenvalue weighted by atomic mass is 32.2. The Labute approximate surface area is 88.7 Å². The van der Waals surface area contributed by atoms with Crippen molar-refractivity contribution in [3.63, 3.8) is 0 Å². The summed E-state index contributed by atoms with van der Waals surface area (Å²) in [6, 6.07) is 4.55. The zero-order valence-corrected chi connectivity index (χ0v) is 9.13. The summed E-state index contributed by atoms with van der Waals surface area (Å²) in [4.78, 5) is 6.46.